The van der Waals surface area contributed by atoms with Crippen LogP contribution in [0.4, 0.5) is 0 Å². The molecule has 0 spiro atoms. The number of fused-ring (bicyclic) bond motifs is 1. The molecular weight excluding hydrogens is 170 g/mol. The molecule has 0 saturated carbocycles. The molecule has 70 valence electrons. The molecule has 0 aromatic rings. The molecule has 1 fully saturated rings. The minimum Gasteiger partial charge on any atom is -0.475 e. The Morgan fingerprint density at radius 3 is 2.92 bits per heavy atom. The van der Waals surface area contributed by atoms with Crippen LogP contribution in [0, 0.1) is 5.92 Å². The molecule has 2 aliphatic rings. The van der Waals surface area contributed by atoms with E-state index in [1.54, 1.807) is 0 Å². The topological polar surface area (TPSA) is 46.6 Å². The number of carbonyl (C=O) groups excluding carboxylic acids is 2. The molecule has 0 aromatic carbocycles. The first kappa shape index (κ1) is 8.29. The lowest BCUT2D eigenvalue weighted by Gasteiger charge is -2.40. The number of hydrogen-bond donors (Lipinski definition) is 0. The Bertz CT molecular complexity index is 308. The number of allylic oxidation sites excluding steroid dienone is 1. The molecule has 1 saturated heterocycles. The summed E-state index contributed by atoms with van der Waals surface area (Å²) in [6, 6.07) is 0. The number of amides is 1. The van der Waals surface area contributed by atoms with Crippen LogP contribution in [0.15, 0.2) is 12.0 Å². The van der Waals surface area contributed by atoms with Crippen molar-refractivity contribution in [2.45, 2.75) is 26.5 Å². The highest BCUT2D eigenvalue weighted by molar-refractivity contribution is 6.00. The number of ether oxygens (including phenoxy) is 1. The second-order valence-corrected chi connectivity index (χ2v) is 3.31. The standard InChI is InChI=1S/C9H11NO3/c1-3-6-8(12)10-7(5(2)11)4-13-9(6)10/h4,6,9H,3H2,1-2H3. The van der Waals surface area contributed by atoms with E-state index >= 15 is 0 Å². The van der Waals surface area contributed by atoms with Gasteiger partial charge in [-0.25, -0.2) is 0 Å². The Hall–Kier alpha value is -1.32. The second-order valence-electron chi connectivity index (χ2n) is 3.31. The summed E-state index contributed by atoms with van der Waals surface area (Å²) in [5.74, 6) is -0.176. The van der Waals surface area contributed by atoms with Crippen LogP contribution in [-0.2, 0) is 14.3 Å². The van der Waals surface area contributed by atoms with Crippen LogP contribution >= 0.6 is 0 Å². The number of β-lactam (4-membered cyclic amide) rings is 1. The fourth-order valence-corrected chi connectivity index (χ4v) is 1.76. The summed E-state index contributed by atoms with van der Waals surface area (Å²) >= 11 is 0. The van der Waals surface area contributed by atoms with E-state index in [1.165, 1.54) is 18.1 Å². The van der Waals surface area contributed by atoms with Gasteiger partial charge in [0.25, 0.3) is 0 Å². The highest BCUT2D eigenvalue weighted by Gasteiger charge is 2.53. The number of rotatable bonds is 2. The maximum Gasteiger partial charge on any atom is 0.239 e. The molecule has 2 heterocycles. The van der Waals surface area contributed by atoms with Crippen molar-refractivity contribution >= 4 is 11.7 Å². The SMILES string of the molecule is CCC1C(=O)N2C(C(C)=O)=COC12. The van der Waals surface area contributed by atoms with Crippen molar-refractivity contribution in [3.63, 3.8) is 0 Å². The number of hydrogen-bond acceptors (Lipinski definition) is 3. The van der Waals surface area contributed by atoms with Gasteiger partial charge in [0.1, 0.15) is 12.0 Å². The van der Waals surface area contributed by atoms with Crippen LogP contribution in [0.2, 0.25) is 0 Å². The average Bonchev–Trinajstić information content (AvgIpc) is 2.45. The molecule has 13 heavy (non-hydrogen) atoms. The van der Waals surface area contributed by atoms with Crippen molar-refractivity contribution in [2.75, 3.05) is 0 Å². The second kappa shape index (κ2) is 2.58. The summed E-state index contributed by atoms with van der Waals surface area (Å²) in [6.45, 7) is 3.37. The van der Waals surface area contributed by atoms with Crippen molar-refractivity contribution < 1.29 is 14.3 Å². The molecule has 2 unspecified atom stereocenters. The molecule has 2 aliphatic heterocycles. The molecule has 0 aromatic heterocycles. The monoisotopic (exact) mass is 181 g/mol. The van der Waals surface area contributed by atoms with E-state index in [1.807, 2.05) is 6.92 Å². The summed E-state index contributed by atoms with van der Waals surface area (Å²) in [4.78, 5) is 23.9. The molecule has 0 radical (unpaired) electrons. The number of Topliss-reactive ketones (excluding diaryl/α,β-unsaturated/α-hetero) is 1. The molecule has 4 nitrogen and oxygen atoms in total. The van der Waals surface area contributed by atoms with Crippen LogP contribution < -0.4 is 0 Å². The summed E-state index contributed by atoms with van der Waals surface area (Å²) in [5.41, 5.74) is 0.389. The van der Waals surface area contributed by atoms with E-state index in [0.717, 1.165) is 6.42 Å². The van der Waals surface area contributed by atoms with Crippen LogP contribution in [0.5, 0.6) is 0 Å². The van der Waals surface area contributed by atoms with Gasteiger partial charge in [0.15, 0.2) is 12.0 Å². The summed E-state index contributed by atoms with van der Waals surface area (Å²) in [7, 11) is 0. The fraction of sp³-hybridized carbons (Fsp3) is 0.556. The Labute approximate surface area is 76.2 Å². The van der Waals surface area contributed by atoms with Crippen molar-refractivity contribution in [1.29, 1.82) is 0 Å². The van der Waals surface area contributed by atoms with Crippen LogP contribution in [-0.4, -0.2) is 22.8 Å². The molecule has 1 amide bonds. The number of ketones is 1. The highest BCUT2D eigenvalue weighted by atomic mass is 16.5. The van der Waals surface area contributed by atoms with Gasteiger partial charge in [-0.1, -0.05) is 6.92 Å². The maximum atomic E-state index is 11.4. The van der Waals surface area contributed by atoms with Crippen LogP contribution in [0.25, 0.3) is 0 Å². The molecule has 2 rings (SSSR count). The zero-order valence-electron chi connectivity index (χ0n) is 7.61. The van der Waals surface area contributed by atoms with E-state index in [2.05, 4.69) is 0 Å². The van der Waals surface area contributed by atoms with Gasteiger partial charge in [-0.2, -0.15) is 0 Å². The molecule has 2 atom stereocenters. The predicted octanol–water partition coefficient (Wildman–Crippen LogP) is 0.641. The largest absolute Gasteiger partial charge is 0.475 e. The van der Waals surface area contributed by atoms with E-state index in [0.29, 0.717) is 5.70 Å². The van der Waals surface area contributed by atoms with Gasteiger partial charge in [-0.05, 0) is 6.42 Å². The van der Waals surface area contributed by atoms with E-state index in [9.17, 15) is 9.59 Å². The Morgan fingerprint density at radius 2 is 2.38 bits per heavy atom. The summed E-state index contributed by atoms with van der Waals surface area (Å²) < 4.78 is 5.22. The first-order valence-corrected chi connectivity index (χ1v) is 4.36. The van der Waals surface area contributed by atoms with Gasteiger partial charge < -0.3 is 4.74 Å². The zero-order valence-corrected chi connectivity index (χ0v) is 7.61. The van der Waals surface area contributed by atoms with Gasteiger partial charge in [0.2, 0.25) is 5.91 Å². The highest BCUT2D eigenvalue weighted by Crippen LogP contribution is 2.38. The molecular formula is C9H11NO3. The molecule has 4 heteroatoms. The van der Waals surface area contributed by atoms with Crippen molar-refractivity contribution in [3.8, 4) is 0 Å². The average molecular weight is 181 g/mol. The van der Waals surface area contributed by atoms with Gasteiger partial charge in [0.05, 0.1) is 5.92 Å². The Kier molecular flexibility index (Phi) is 1.65. The van der Waals surface area contributed by atoms with E-state index < -0.39 is 0 Å². The van der Waals surface area contributed by atoms with Crippen LogP contribution in [0.3, 0.4) is 0 Å². The minimum atomic E-state index is -0.212. The number of carbonyl (C=O) groups is 2. The van der Waals surface area contributed by atoms with E-state index in [-0.39, 0.29) is 23.8 Å². The Balaban J connectivity index is 2.18. The normalized spacial score (nSPS) is 30.5. The van der Waals surface area contributed by atoms with Gasteiger partial charge >= 0.3 is 0 Å². The van der Waals surface area contributed by atoms with Gasteiger partial charge in [-0.15, -0.1) is 0 Å². The van der Waals surface area contributed by atoms with Crippen molar-refractivity contribution in [1.82, 2.24) is 4.90 Å². The summed E-state index contributed by atoms with van der Waals surface area (Å²) in [6.07, 6.45) is 1.94. The van der Waals surface area contributed by atoms with Gasteiger partial charge in [-0.3, -0.25) is 14.5 Å². The third-order valence-corrected chi connectivity index (χ3v) is 2.53. The Morgan fingerprint density at radius 1 is 1.69 bits per heavy atom. The fourth-order valence-electron chi connectivity index (χ4n) is 1.76. The molecule has 0 bridgehead atoms. The lowest BCUT2D eigenvalue weighted by atomic mass is 9.93. The lowest BCUT2D eigenvalue weighted by Crippen LogP contribution is -2.58. The number of nitrogens with zero attached hydrogens (tertiary/aromatic N) is 1. The first-order chi connectivity index (χ1) is 6.16. The summed E-state index contributed by atoms with van der Waals surface area (Å²) in [5, 5.41) is 0. The smallest absolute Gasteiger partial charge is 0.239 e. The quantitative estimate of drug-likeness (QED) is 0.587. The molecule has 0 aliphatic carbocycles. The lowest BCUT2D eigenvalue weighted by molar-refractivity contribution is -0.169. The van der Waals surface area contributed by atoms with Crippen LogP contribution in [0.1, 0.15) is 20.3 Å². The third kappa shape index (κ3) is 0.913. The van der Waals surface area contributed by atoms with Gasteiger partial charge in [0, 0.05) is 6.92 Å². The van der Waals surface area contributed by atoms with Crippen molar-refractivity contribution in [3.05, 3.63) is 12.0 Å². The third-order valence-electron chi connectivity index (χ3n) is 2.53. The first-order valence-electron chi connectivity index (χ1n) is 4.36. The van der Waals surface area contributed by atoms with Crippen molar-refractivity contribution in [2.24, 2.45) is 5.92 Å². The maximum absolute atomic E-state index is 11.4. The molecule has 0 N–H and O–H groups in total. The zero-order chi connectivity index (χ0) is 9.59. The minimum absolute atomic E-state index is 0.00597. The predicted molar refractivity (Wildman–Crippen MR) is 44.3 cm³/mol. The van der Waals surface area contributed by atoms with E-state index in [4.69, 9.17) is 4.74 Å².